The lowest BCUT2D eigenvalue weighted by Crippen LogP contribution is -2.23. The first-order valence-corrected chi connectivity index (χ1v) is 3.76. The van der Waals surface area contributed by atoms with Gasteiger partial charge in [-0.15, -0.1) is 0 Å². The van der Waals surface area contributed by atoms with Crippen LogP contribution in [0.3, 0.4) is 0 Å². The molecule has 0 aromatic carbocycles. The fourth-order valence-electron chi connectivity index (χ4n) is 0.394. The molecule has 0 aliphatic carbocycles. The Kier molecular flexibility index (Phi) is 2.69. The highest BCUT2D eigenvalue weighted by atomic mass is 35.5. The van der Waals surface area contributed by atoms with Crippen LogP contribution in [0.2, 0.25) is 0 Å². The highest BCUT2D eigenvalue weighted by Gasteiger charge is 2.22. The van der Waals surface area contributed by atoms with Gasteiger partial charge in [0.05, 0.1) is 5.03 Å². The van der Waals surface area contributed by atoms with Crippen molar-refractivity contribution in [1.82, 2.24) is 4.42 Å². The summed E-state index contributed by atoms with van der Waals surface area (Å²) < 4.78 is 1.01. The van der Waals surface area contributed by atoms with Crippen LogP contribution in [-0.2, 0) is 0 Å². The Hall–Kier alpha value is 0.370. The van der Waals surface area contributed by atoms with Crippen LogP contribution in [0.5, 0.6) is 0 Å². The molecule has 1 heterocycles. The molecule has 0 bridgehead atoms. The first-order valence-electron chi connectivity index (χ1n) is 2.23. The maximum Gasteiger partial charge on any atom is 0.191 e. The Morgan fingerprint density at radius 2 is 2.10 bits per heavy atom. The summed E-state index contributed by atoms with van der Waals surface area (Å²) >= 11 is 22.1. The number of nitrogens with zero attached hydrogens (tertiary/aromatic N) is 2. The van der Waals surface area contributed by atoms with Gasteiger partial charge in [-0.25, -0.2) is 9.41 Å². The van der Waals surface area contributed by atoms with Crippen LogP contribution in [0.1, 0.15) is 0 Å². The van der Waals surface area contributed by atoms with Gasteiger partial charge in [0.2, 0.25) is 0 Å². The third-order valence-electron chi connectivity index (χ3n) is 0.849. The van der Waals surface area contributed by atoms with E-state index in [2.05, 4.69) is 11.3 Å². The van der Waals surface area contributed by atoms with Gasteiger partial charge in [0, 0.05) is 11.8 Å². The van der Waals surface area contributed by atoms with Crippen LogP contribution < -0.4 is 0 Å². The van der Waals surface area contributed by atoms with Gasteiger partial charge in [-0.1, -0.05) is 34.8 Å². The van der Waals surface area contributed by atoms with Gasteiger partial charge in [-0.2, -0.15) is 0 Å². The molecule has 1 radical (unpaired) electrons. The maximum atomic E-state index is 5.61. The average Bonchev–Trinajstić information content (AvgIpc) is 1.93. The molecular weight excluding hydrogens is 218 g/mol. The van der Waals surface area contributed by atoms with Crippen LogP contribution in [0, 0.1) is 0 Å². The van der Waals surface area contributed by atoms with Crippen molar-refractivity contribution in [3.63, 3.8) is 0 Å². The number of rotatable bonds is 0. The Morgan fingerprint density at radius 3 is 2.60 bits per heavy atom. The molecular formula is C4HCl4N2. The van der Waals surface area contributed by atoms with E-state index in [0.29, 0.717) is 0 Å². The monoisotopic (exact) mass is 217 g/mol. The molecule has 0 amide bonds. The average molecular weight is 219 g/mol. The van der Waals surface area contributed by atoms with E-state index in [1.807, 2.05) is 0 Å². The number of aliphatic imine (C=N–C) groups is 1. The molecule has 0 spiro atoms. The zero-order valence-electron chi connectivity index (χ0n) is 4.48. The fraction of sp³-hybridized carbons (Fsp3) is 0.250. The van der Waals surface area contributed by atoms with Crippen molar-refractivity contribution >= 4 is 52.9 Å². The van der Waals surface area contributed by atoms with E-state index in [-0.39, 0.29) is 10.2 Å². The van der Waals surface area contributed by atoms with E-state index in [4.69, 9.17) is 46.6 Å². The van der Waals surface area contributed by atoms with E-state index in [1.165, 1.54) is 0 Å². The van der Waals surface area contributed by atoms with Gasteiger partial charge >= 0.3 is 0 Å². The van der Waals surface area contributed by atoms with Gasteiger partial charge in [0.25, 0.3) is 0 Å². The molecule has 1 aliphatic rings. The highest BCUT2D eigenvalue weighted by molar-refractivity contribution is 6.45. The lowest BCUT2D eigenvalue weighted by molar-refractivity contribution is 0.680. The zero-order chi connectivity index (χ0) is 7.72. The predicted octanol–water partition coefficient (Wildman–Crippen LogP) is 2.57. The Morgan fingerprint density at radius 1 is 1.50 bits per heavy atom. The lowest BCUT2D eigenvalue weighted by Gasteiger charge is -2.18. The molecule has 0 N–H and O–H groups in total. The molecule has 6 heteroatoms. The topological polar surface area (TPSA) is 15.6 Å². The molecule has 1 aliphatic heterocycles. The summed E-state index contributed by atoms with van der Waals surface area (Å²) in [5, 5.41) is 0.329. The molecule has 55 valence electrons. The third kappa shape index (κ3) is 1.51. The molecule has 0 aromatic heterocycles. The summed E-state index contributed by atoms with van der Waals surface area (Å²) in [5.74, 6) is 0. The first kappa shape index (κ1) is 8.47. The summed E-state index contributed by atoms with van der Waals surface area (Å²) in [6, 6.07) is 0. The minimum Gasteiger partial charge on any atom is -0.242 e. The van der Waals surface area contributed by atoms with E-state index in [0.717, 1.165) is 4.42 Å². The molecule has 1 unspecified atom stereocenters. The van der Waals surface area contributed by atoms with Gasteiger partial charge in [0.1, 0.15) is 5.16 Å². The second kappa shape index (κ2) is 3.18. The third-order valence-corrected chi connectivity index (χ3v) is 2.52. The number of hydrogen-bond donors (Lipinski definition) is 0. The molecule has 0 fully saturated rings. The summed E-state index contributed by atoms with van der Waals surface area (Å²) in [6.45, 7) is 0. The lowest BCUT2D eigenvalue weighted by atomic mass is 10.5. The van der Waals surface area contributed by atoms with Gasteiger partial charge < -0.3 is 0 Å². The quantitative estimate of drug-likeness (QED) is 0.347. The smallest absolute Gasteiger partial charge is 0.191 e. The predicted molar refractivity (Wildman–Crippen MR) is 43.5 cm³/mol. The van der Waals surface area contributed by atoms with E-state index in [9.17, 15) is 0 Å². The molecule has 0 saturated carbocycles. The normalized spacial score (nSPS) is 26.0. The Labute approximate surface area is 78.1 Å². The molecule has 0 aromatic rings. The molecule has 1 rings (SSSR count). The van der Waals surface area contributed by atoms with Crippen LogP contribution in [0.15, 0.2) is 15.2 Å². The van der Waals surface area contributed by atoms with Crippen LogP contribution in [0.25, 0.3) is 0 Å². The molecule has 10 heavy (non-hydrogen) atoms. The van der Waals surface area contributed by atoms with Crippen molar-refractivity contribution in [3.8, 4) is 0 Å². The van der Waals surface area contributed by atoms with Gasteiger partial charge in [-0.3, -0.25) is 0 Å². The second-order valence-corrected chi connectivity index (χ2v) is 3.04. The standard InChI is InChI=1S/C4HCl4N2/c5-2-3(6)9-1-10(8)4(2)7/h4H. The summed E-state index contributed by atoms with van der Waals surface area (Å²) in [6.07, 6.45) is 2.33. The largest absolute Gasteiger partial charge is 0.242 e. The minimum absolute atomic E-state index is 0.124. The molecule has 1 atom stereocenters. The summed E-state index contributed by atoms with van der Waals surface area (Å²) in [5.41, 5.74) is -0.673. The second-order valence-electron chi connectivity index (χ2n) is 1.50. The highest BCUT2D eigenvalue weighted by Crippen LogP contribution is 2.28. The minimum atomic E-state index is -0.673. The van der Waals surface area contributed by atoms with Crippen LogP contribution in [-0.4, -0.2) is 16.3 Å². The van der Waals surface area contributed by atoms with E-state index < -0.39 is 5.50 Å². The van der Waals surface area contributed by atoms with Gasteiger partial charge in [0.15, 0.2) is 11.8 Å². The van der Waals surface area contributed by atoms with Crippen molar-refractivity contribution < 1.29 is 0 Å². The summed E-state index contributed by atoms with van der Waals surface area (Å²) in [7, 11) is 0. The van der Waals surface area contributed by atoms with Crippen molar-refractivity contribution in [2.24, 2.45) is 4.99 Å². The zero-order valence-corrected chi connectivity index (χ0v) is 7.51. The van der Waals surface area contributed by atoms with Crippen LogP contribution in [0.4, 0.5) is 0 Å². The van der Waals surface area contributed by atoms with Gasteiger partial charge in [-0.05, 0) is 0 Å². The van der Waals surface area contributed by atoms with Crippen molar-refractivity contribution in [2.45, 2.75) is 5.50 Å². The number of halogens is 4. The SMILES string of the molecule is ClC1=C(Cl)C(Cl)N(Cl)[C]=N1. The van der Waals surface area contributed by atoms with Crippen molar-refractivity contribution in [3.05, 3.63) is 10.2 Å². The maximum absolute atomic E-state index is 5.61. The Balaban J connectivity index is 2.88. The van der Waals surface area contributed by atoms with E-state index in [1.54, 1.807) is 0 Å². The Bertz CT molecular complexity index is 199. The number of alkyl halides is 1. The first-order chi connectivity index (χ1) is 4.63. The molecule has 2 nitrogen and oxygen atoms in total. The fourth-order valence-corrected chi connectivity index (χ4v) is 1.06. The summed E-state index contributed by atoms with van der Waals surface area (Å²) in [4.78, 5) is 3.51. The van der Waals surface area contributed by atoms with Crippen molar-refractivity contribution in [2.75, 3.05) is 0 Å². The van der Waals surface area contributed by atoms with Crippen LogP contribution >= 0.6 is 46.6 Å². The van der Waals surface area contributed by atoms with Crippen molar-refractivity contribution in [1.29, 1.82) is 0 Å². The number of hydrogen-bond acceptors (Lipinski definition) is 2. The molecule has 0 saturated heterocycles. The van der Waals surface area contributed by atoms with E-state index >= 15 is 0 Å².